The molecule has 1 saturated heterocycles. The fraction of sp³-hybridized carbons (Fsp3) is 0.312. The molecule has 116 valence electrons. The van der Waals surface area contributed by atoms with Crippen LogP contribution in [-0.2, 0) is 11.2 Å². The number of carbonyl (C=O) groups excluding carboxylic acids is 1. The van der Waals surface area contributed by atoms with Crippen molar-refractivity contribution in [3.05, 3.63) is 52.2 Å². The van der Waals surface area contributed by atoms with Crippen molar-refractivity contribution in [3.63, 3.8) is 0 Å². The van der Waals surface area contributed by atoms with Gasteiger partial charge in [0.15, 0.2) is 0 Å². The topological polar surface area (TPSA) is 23.6 Å². The molecule has 6 heteroatoms. The molecule has 0 radical (unpaired) electrons. The Kier molecular flexibility index (Phi) is 4.38. The second kappa shape index (κ2) is 6.44. The highest BCUT2D eigenvalue weighted by Gasteiger charge is 2.24. The van der Waals surface area contributed by atoms with Crippen molar-refractivity contribution < 1.29 is 13.6 Å². The average molecular weight is 322 g/mol. The molecule has 1 aliphatic heterocycles. The third-order valence-corrected chi connectivity index (χ3v) is 4.67. The van der Waals surface area contributed by atoms with Gasteiger partial charge in [-0.2, -0.15) is 0 Å². The van der Waals surface area contributed by atoms with Crippen LogP contribution in [-0.4, -0.2) is 37.0 Å². The molecular formula is C16H16F2N2OS. The average Bonchev–Trinajstić information content (AvgIpc) is 3.00. The molecule has 1 amide bonds. The van der Waals surface area contributed by atoms with Crippen LogP contribution < -0.4 is 4.90 Å². The van der Waals surface area contributed by atoms with Gasteiger partial charge in [0.05, 0.1) is 6.42 Å². The monoisotopic (exact) mass is 322 g/mol. The van der Waals surface area contributed by atoms with Crippen LogP contribution in [0.15, 0.2) is 35.7 Å². The van der Waals surface area contributed by atoms with E-state index < -0.39 is 11.6 Å². The predicted molar refractivity (Wildman–Crippen MR) is 83.2 cm³/mol. The SMILES string of the molecule is O=C(Cc1cccs1)N1CCN(c2c(F)cccc2F)CC1. The normalized spacial score (nSPS) is 15.2. The number of benzene rings is 1. The highest BCUT2D eigenvalue weighted by atomic mass is 32.1. The van der Waals surface area contributed by atoms with Crippen molar-refractivity contribution in [2.24, 2.45) is 0 Å². The quantitative estimate of drug-likeness (QED) is 0.867. The number of hydrogen-bond donors (Lipinski definition) is 0. The standard InChI is InChI=1S/C16H16F2N2OS/c17-13-4-1-5-14(18)16(13)20-8-6-19(7-9-20)15(21)11-12-3-2-10-22-12/h1-5,10H,6-9,11H2. The van der Waals surface area contributed by atoms with Gasteiger partial charge in [0.1, 0.15) is 17.3 Å². The van der Waals surface area contributed by atoms with E-state index in [-0.39, 0.29) is 11.6 Å². The molecule has 0 saturated carbocycles. The third-order valence-electron chi connectivity index (χ3n) is 3.79. The molecule has 1 aromatic heterocycles. The Morgan fingerprint density at radius 1 is 1.05 bits per heavy atom. The summed E-state index contributed by atoms with van der Waals surface area (Å²) in [4.78, 5) is 16.7. The molecule has 3 rings (SSSR count). The number of halogens is 2. The first-order chi connectivity index (χ1) is 10.6. The summed E-state index contributed by atoms with van der Waals surface area (Å²) >= 11 is 1.56. The summed E-state index contributed by atoms with van der Waals surface area (Å²) in [6, 6.07) is 7.73. The lowest BCUT2D eigenvalue weighted by Crippen LogP contribution is -2.49. The predicted octanol–water partition coefficient (Wildman–Crippen LogP) is 2.92. The fourth-order valence-electron chi connectivity index (χ4n) is 2.64. The summed E-state index contributed by atoms with van der Waals surface area (Å²) in [5.74, 6) is -1.05. The minimum atomic E-state index is -0.557. The van der Waals surface area contributed by atoms with Gasteiger partial charge >= 0.3 is 0 Å². The highest BCUT2D eigenvalue weighted by molar-refractivity contribution is 7.10. The Balaban J connectivity index is 1.62. The molecule has 0 atom stereocenters. The molecule has 2 aromatic rings. The van der Waals surface area contributed by atoms with E-state index in [4.69, 9.17) is 0 Å². The van der Waals surface area contributed by atoms with Gasteiger partial charge in [-0.1, -0.05) is 12.1 Å². The Morgan fingerprint density at radius 3 is 2.32 bits per heavy atom. The zero-order chi connectivity index (χ0) is 15.5. The minimum Gasteiger partial charge on any atom is -0.363 e. The van der Waals surface area contributed by atoms with E-state index >= 15 is 0 Å². The van der Waals surface area contributed by atoms with Crippen molar-refractivity contribution in [2.45, 2.75) is 6.42 Å². The maximum absolute atomic E-state index is 13.8. The van der Waals surface area contributed by atoms with Gasteiger partial charge in [-0.25, -0.2) is 8.78 Å². The Hall–Kier alpha value is -1.95. The number of hydrogen-bond acceptors (Lipinski definition) is 3. The van der Waals surface area contributed by atoms with Gasteiger partial charge in [0.25, 0.3) is 0 Å². The van der Waals surface area contributed by atoms with Crippen molar-refractivity contribution in [2.75, 3.05) is 31.1 Å². The summed E-state index contributed by atoms with van der Waals surface area (Å²) in [6.45, 7) is 1.85. The van der Waals surface area contributed by atoms with Crippen LogP contribution in [0.5, 0.6) is 0 Å². The summed E-state index contributed by atoms with van der Waals surface area (Å²) in [7, 11) is 0. The molecule has 3 nitrogen and oxygen atoms in total. The number of thiophene rings is 1. The van der Waals surface area contributed by atoms with Gasteiger partial charge in [-0.3, -0.25) is 4.79 Å². The molecule has 1 fully saturated rings. The Bertz CT molecular complexity index is 632. The maximum Gasteiger partial charge on any atom is 0.227 e. The molecule has 0 N–H and O–H groups in total. The van der Waals surface area contributed by atoms with E-state index in [1.54, 1.807) is 21.1 Å². The fourth-order valence-corrected chi connectivity index (χ4v) is 3.34. The molecular weight excluding hydrogens is 306 g/mol. The summed E-state index contributed by atoms with van der Waals surface area (Å²) in [5, 5.41) is 1.95. The zero-order valence-electron chi connectivity index (χ0n) is 12.0. The molecule has 1 aromatic carbocycles. The van der Waals surface area contributed by atoms with Gasteiger partial charge in [0.2, 0.25) is 5.91 Å². The van der Waals surface area contributed by atoms with E-state index in [0.29, 0.717) is 32.6 Å². The van der Waals surface area contributed by atoms with E-state index in [1.807, 2.05) is 17.5 Å². The van der Waals surface area contributed by atoms with Crippen LogP contribution >= 0.6 is 11.3 Å². The first-order valence-corrected chi connectivity index (χ1v) is 8.02. The number of amides is 1. The number of rotatable bonds is 3. The first-order valence-electron chi connectivity index (χ1n) is 7.14. The Labute approximate surface area is 131 Å². The van der Waals surface area contributed by atoms with Crippen LogP contribution in [0.2, 0.25) is 0 Å². The second-order valence-electron chi connectivity index (χ2n) is 5.19. The largest absolute Gasteiger partial charge is 0.363 e. The van der Waals surface area contributed by atoms with Crippen LogP contribution in [0.25, 0.3) is 0 Å². The van der Waals surface area contributed by atoms with Gasteiger partial charge in [-0.15, -0.1) is 11.3 Å². The number of piperazine rings is 1. The molecule has 0 spiro atoms. The zero-order valence-corrected chi connectivity index (χ0v) is 12.8. The van der Waals surface area contributed by atoms with Crippen molar-refractivity contribution in [1.82, 2.24) is 4.90 Å². The lowest BCUT2D eigenvalue weighted by atomic mass is 10.2. The third kappa shape index (κ3) is 3.11. The lowest BCUT2D eigenvalue weighted by Gasteiger charge is -2.36. The van der Waals surface area contributed by atoms with Crippen LogP contribution in [0.3, 0.4) is 0 Å². The second-order valence-corrected chi connectivity index (χ2v) is 6.23. The summed E-state index contributed by atoms with van der Waals surface area (Å²) in [6.07, 6.45) is 0.395. The van der Waals surface area contributed by atoms with E-state index in [1.165, 1.54) is 18.2 Å². The van der Waals surface area contributed by atoms with E-state index in [0.717, 1.165) is 4.88 Å². The lowest BCUT2D eigenvalue weighted by molar-refractivity contribution is -0.130. The Morgan fingerprint density at radius 2 is 1.73 bits per heavy atom. The molecule has 0 aliphatic carbocycles. The smallest absolute Gasteiger partial charge is 0.227 e. The number of carbonyl (C=O) groups is 1. The van der Waals surface area contributed by atoms with Crippen LogP contribution in [0.4, 0.5) is 14.5 Å². The minimum absolute atomic E-state index is 0.00727. The van der Waals surface area contributed by atoms with Crippen LogP contribution in [0.1, 0.15) is 4.88 Å². The van der Waals surface area contributed by atoms with Crippen molar-refractivity contribution >= 4 is 22.9 Å². The molecule has 22 heavy (non-hydrogen) atoms. The molecule has 0 bridgehead atoms. The number of nitrogens with zero attached hydrogens (tertiary/aromatic N) is 2. The van der Waals surface area contributed by atoms with E-state index in [9.17, 15) is 13.6 Å². The molecule has 1 aliphatic rings. The van der Waals surface area contributed by atoms with E-state index in [2.05, 4.69) is 0 Å². The van der Waals surface area contributed by atoms with Gasteiger partial charge in [-0.05, 0) is 23.6 Å². The molecule has 2 heterocycles. The maximum atomic E-state index is 13.8. The summed E-state index contributed by atoms with van der Waals surface area (Å²) in [5.41, 5.74) is 0.00727. The molecule has 0 unspecified atom stereocenters. The van der Waals surface area contributed by atoms with Gasteiger partial charge < -0.3 is 9.80 Å². The summed E-state index contributed by atoms with van der Waals surface area (Å²) < 4.78 is 27.6. The van der Waals surface area contributed by atoms with Crippen molar-refractivity contribution in [1.29, 1.82) is 0 Å². The highest BCUT2D eigenvalue weighted by Crippen LogP contribution is 2.24. The number of anilines is 1. The van der Waals surface area contributed by atoms with Crippen molar-refractivity contribution in [3.8, 4) is 0 Å². The first kappa shape index (κ1) is 15.0. The van der Waals surface area contributed by atoms with Gasteiger partial charge in [0, 0.05) is 31.1 Å². The number of para-hydroxylation sites is 1. The van der Waals surface area contributed by atoms with Crippen LogP contribution in [0, 0.1) is 11.6 Å².